The van der Waals surface area contributed by atoms with Gasteiger partial charge in [0, 0.05) is 0 Å². The minimum atomic E-state index is -4.67. The number of rotatable bonds is 9. The van der Waals surface area contributed by atoms with Crippen molar-refractivity contribution in [2.75, 3.05) is 0 Å². The van der Waals surface area contributed by atoms with E-state index in [-0.39, 0.29) is 29.6 Å². The van der Waals surface area contributed by atoms with Crippen LogP contribution in [0.5, 0.6) is 0 Å². The van der Waals surface area contributed by atoms with Gasteiger partial charge in [0.25, 0.3) is 0 Å². The first-order valence-electron chi connectivity index (χ1n) is 6.43. The molecule has 106 valence electrons. The summed E-state index contributed by atoms with van der Waals surface area (Å²) >= 11 is 0. The van der Waals surface area contributed by atoms with Crippen molar-refractivity contribution in [2.24, 2.45) is 0 Å². The van der Waals surface area contributed by atoms with Gasteiger partial charge in [-0.15, -0.1) is 0 Å². The van der Waals surface area contributed by atoms with E-state index in [1.54, 1.807) is 0 Å². The molecule has 0 saturated carbocycles. The second kappa shape index (κ2) is 17.9. The number of hydrogen-bond donors (Lipinski definition) is 2. The molecule has 6 heteroatoms. The first kappa shape index (κ1) is 23.9. The van der Waals surface area contributed by atoms with Crippen LogP contribution in [0.1, 0.15) is 71.6 Å². The van der Waals surface area contributed by atoms with Crippen molar-refractivity contribution in [3.8, 4) is 0 Å². The molecular weight excluding hydrogens is 263 g/mol. The van der Waals surface area contributed by atoms with E-state index in [0.717, 1.165) is 0 Å². The zero-order valence-electron chi connectivity index (χ0n) is 12.1. The Bertz CT molecular complexity index is 212. The van der Waals surface area contributed by atoms with Gasteiger partial charge >= 0.3 is 40.0 Å². The molecule has 0 aliphatic heterocycles. The Morgan fingerprint density at radius 2 is 1.17 bits per heavy atom. The fourth-order valence-electron chi connectivity index (χ4n) is 1.40. The van der Waals surface area contributed by atoms with E-state index in [0.29, 0.717) is 0 Å². The third kappa shape index (κ3) is 43.6. The van der Waals surface area contributed by atoms with E-state index >= 15 is 0 Å². The van der Waals surface area contributed by atoms with Crippen LogP contribution in [-0.2, 0) is 10.4 Å². The molecule has 4 nitrogen and oxygen atoms in total. The molecule has 0 atom stereocenters. The quantitative estimate of drug-likeness (QED) is 0.288. The van der Waals surface area contributed by atoms with Crippen molar-refractivity contribution in [3.05, 3.63) is 6.42 Å². The van der Waals surface area contributed by atoms with E-state index in [2.05, 4.69) is 20.3 Å². The maximum atomic E-state index is 8.74. The molecule has 18 heavy (non-hydrogen) atoms. The molecule has 0 aromatic rings. The number of unbranched alkanes of at least 4 members (excludes halogenated alkanes) is 9. The van der Waals surface area contributed by atoms with Crippen LogP contribution in [0.3, 0.4) is 0 Å². The van der Waals surface area contributed by atoms with Gasteiger partial charge in [0.1, 0.15) is 0 Å². The van der Waals surface area contributed by atoms with E-state index in [4.69, 9.17) is 17.5 Å². The van der Waals surface area contributed by atoms with Crippen molar-refractivity contribution < 1.29 is 47.1 Å². The average Bonchev–Trinajstić information content (AvgIpc) is 2.20. The van der Waals surface area contributed by atoms with Gasteiger partial charge in [0.05, 0.1) is 0 Å². The second-order valence-corrected chi connectivity index (χ2v) is 4.98. The van der Waals surface area contributed by atoms with Crippen LogP contribution in [0.15, 0.2) is 0 Å². The Hall–Kier alpha value is 0.870. The third-order valence-electron chi connectivity index (χ3n) is 2.27. The second-order valence-electron chi connectivity index (χ2n) is 4.08. The Kier molecular flexibility index (Phi) is 23.8. The van der Waals surface area contributed by atoms with Crippen LogP contribution in [0, 0.1) is 6.42 Å². The van der Waals surface area contributed by atoms with Gasteiger partial charge < -0.3 is 6.42 Å². The van der Waals surface area contributed by atoms with Gasteiger partial charge in [-0.05, 0) is 0 Å². The van der Waals surface area contributed by atoms with Crippen LogP contribution in [0.4, 0.5) is 0 Å². The molecule has 2 N–H and O–H groups in total. The van der Waals surface area contributed by atoms with Crippen molar-refractivity contribution in [3.63, 3.8) is 0 Å². The smallest absolute Gasteiger partial charge is 0.328 e. The van der Waals surface area contributed by atoms with Crippen molar-refractivity contribution in [1.29, 1.82) is 0 Å². The van der Waals surface area contributed by atoms with Crippen LogP contribution < -0.4 is 29.6 Å². The molecular formula is C12H27NaO4S. The molecule has 0 aliphatic carbocycles. The molecule has 0 aromatic heterocycles. The summed E-state index contributed by atoms with van der Waals surface area (Å²) in [4.78, 5) is 0. The van der Waals surface area contributed by atoms with Crippen LogP contribution >= 0.6 is 0 Å². The van der Waals surface area contributed by atoms with Crippen LogP contribution in [0.25, 0.3) is 0 Å². The monoisotopic (exact) mass is 290 g/mol. The molecule has 0 spiro atoms. The summed E-state index contributed by atoms with van der Waals surface area (Å²) in [5.74, 6) is 0. The predicted octanol–water partition coefficient (Wildman–Crippen LogP) is 1.09. The van der Waals surface area contributed by atoms with Crippen LogP contribution in [-0.4, -0.2) is 17.5 Å². The van der Waals surface area contributed by atoms with E-state index in [1.165, 1.54) is 57.8 Å². The topological polar surface area (TPSA) is 74.6 Å². The van der Waals surface area contributed by atoms with Gasteiger partial charge in [-0.2, -0.15) is 21.3 Å². The maximum Gasteiger partial charge on any atom is 1.00 e. The average molecular weight is 290 g/mol. The molecule has 0 aromatic carbocycles. The first-order chi connectivity index (χ1) is 7.91. The molecule has 0 saturated heterocycles. The molecule has 0 unspecified atom stereocenters. The molecule has 0 fully saturated rings. The summed E-state index contributed by atoms with van der Waals surface area (Å²) in [6, 6.07) is 0. The van der Waals surface area contributed by atoms with Crippen molar-refractivity contribution in [2.45, 2.75) is 71.6 Å². The van der Waals surface area contributed by atoms with Crippen molar-refractivity contribution in [1.82, 2.24) is 0 Å². The summed E-state index contributed by atoms with van der Waals surface area (Å²) < 4.78 is 31.6. The Balaban J connectivity index is -0.000000321. The van der Waals surface area contributed by atoms with E-state index < -0.39 is 10.4 Å². The molecule has 0 aliphatic rings. The van der Waals surface area contributed by atoms with E-state index in [9.17, 15) is 0 Å². The SMILES string of the molecule is CCCCC[CH-]CCCCCC.O=S(=O)(O)O.[Na+]. The third-order valence-corrected chi connectivity index (χ3v) is 2.27. The van der Waals surface area contributed by atoms with Gasteiger partial charge in [-0.25, -0.2) is 0 Å². The van der Waals surface area contributed by atoms with Crippen LogP contribution in [0.2, 0.25) is 0 Å². The molecule has 0 amide bonds. The minimum absolute atomic E-state index is 0. The number of hydrogen-bond acceptors (Lipinski definition) is 2. The molecule has 0 radical (unpaired) electrons. The fourth-order valence-corrected chi connectivity index (χ4v) is 1.40. The zero-order chi connectivity index (χ0) is 13.6. The summed E-state index contributed by atoms with van der Waals surface area (Å²) in [6.07, 6.45) is 15.0. The summed E-state index contributed by atoms with van der Waals surface area (Å²) in [5, 5.41) is 0. The van der Waals surface area contributed by atoms with Gasteiger partial charge in [-0.1, -0.05) is 58.8 Å². The first-order valence-corrected chi connectivity index (χ1v) is 7.83. The standard InChI is InChI=1S/C12H25.Na.H2O4S/c1-3-5-7-9-11-12-10-8-6-4-2;;1-5(2,3)4/h11H,3-10,12H2,1-2H3;;(H2,1,2,3,4)/q-1;+1;. The summed E-state index contributed by atoms with van der Waals surface area (Å²) in [5.41, 5.74) is 0. The largest absolute Gasteiger partial charge is 1.00 e. The van der Waals surface area contributed by atoms with Gasteiger partial charge in [0.15, 0.2) is 0 Å². The molecule has 0 heterocycles. The van der Waals surface area contributed by atoms with Crippen molar-refractivity contribution >= 4 is 10.4 Å². The predicted molar refractivity (Wildman–Crippen MR) is 71.4 cm³/mol. The normalized spacial score (nSPS) is 10.2. The van der Waals surface area contributed by atoms with Gasteiger partial charge in [0.2, 0.25) is 0 Å². The summed E-state index contributed by atoms with van der Waals surface area (Å²) in [7, 11) is -4.67. The fraction of sp³-hybridized carbons (Fsp3) is 0.917. The minimum Gasteiger partial charge on any atom is -0.328 e. The van der Waals surface area contributed by atoms with E-state index in [1.807, 2.05) is 0 Å². The summed E-state index contributed by atoms with van der Waals surface area (Å²) in [6.45, 7) is 4.53. The van der Waals surface area contributed by atoms with Gasteiger partial charge in [-0.3, -0.25) is 9.11 Å². The molecule has 0 bridgehead atoms. The Morgan fingerprint density at radius 3 is 1.56 bits per heavy atom. The maximum absolute atomic E-state index is 8.74. The Labute approximate surface area is 135 Å². The molecule has 0 rings (SSSR count). The zero-order valence-corrected chi connectivity index (χ0v) is 14.9. The Morgan fingerprint density at radius 1 is 0.833 bits per heavy atom.